The summed E-state index contributed by atoms with van der Waals surface area (Å²) in [6.45, 7) is 2.28. The third-order valence-corrected chi connectivity index (χ3v) is 4.48. The van der Waals surface area contributed by atoms with E-state index in [1.807, 2.05) is 42.1 Å². The number of aryl methyl sites for hydroxylation is 1. The first-order chi connectivity index (χ1) is 12.1. The molecule has 3 rings (SSSR count). The summed E-state index contributed by atoms with van der Waals surface area (Å²) in [7, 11) is 1.95. The molecule has 1 aromatic carbocycles. The van der Waals surface area contributed by atoms with Gasteiger partial charge in [-0.1, -0.05) is 42.5 Å². The van der Waals surface area contributed by atoms with Crippen LogP contribution in [0.15, 0.2) is 60.3 Å². The van der Waals surface area contributed by atoms with Gasteiger partial charge in [-0.15, -0.1) is 0 Å². The van der Waals surface area contributed by atoms with Crippen LogP contribution in [0.2, 0.25) is 0 Å². The topological polar surface area (TPSA) is 58.4 Å². The Morgan fingerprint density at radius 2 is 2.08 bits per heavy atom. The number of aliphatic carboxylic acids is 1. The third kappa shape index (κ3) is 4.25. The molecular weight excluding hydrogens is 314 g/mol. The average molecular weight is 337 g/mol. The molecule has 0 spiro atoms. The molecule has 0 bridgehead atoms. The van der Waals surface area contributed by atoms with Crippen molar-refractivity contribution >= 4 is 11.5 Å². The van der Waals surface area contributed by atoms with E-state index in [4.69, 9.17) is 5.11 Å². The van der Waals surface area contributed by atoms with E-state index >= 15 is 0 Å². The fourth-order valence-electron chi connectivity index (χ4n) is 3.17. The van der Waals surface area contributed by atoms with E-state index in [-0.39, 0.29) is 0 Å². The Labute approximate surface area is 147 Å². The van der Waals surface area contributed by atoms with Gasteiger partial charge in [-0.05, 0) is 24.5 Å². The lowest BCUT2D eigenvalue weighted by atomic mass is 10.0. The number of benzene rings is 1. The molecule has 5 nitrogen and oxygen atoms in total. The van der Waals surface area contributed by atoms with Crippen molar-refractivity contribution < 1.29 is 9.90 Å². The molecule has 1 aliphatic heterocycles. The first-order valence-corrected chi connectivity index (χ1v) is 8.54. The maximum absolute atomic E-state index is 11.1. The Morgan fingerprint density at radius 1 is 1.28 bits per heavy atom. The summed E-state index contributed by atoms with van der Waals surface area (Å²) in [5.41, 5.74) is 3.91. The van der Waals surface area contributed by atoms with Gasteiger partial charge in [0.1, 0.15) is 0 Å². The van der Waals surface area contributed by atoms with Gasteiger partial charge in [-0.3, -0.25) is 9.58 Å². The zero-order valence-corrected chi connectivity index (χ0v) is 14.4. The molecule has 5 heteroatoms. The van der Waals surface area contributed by atoms with Crippen LogP contribution in [0, 0.1) is 0 Å². The number of nitrogens with zero attached hydrogens (tertiary/aromatic N) is 3. The molecule has 0 atom stereocenters. The molecular formula is C20H23N3O2. The second-order valence-corrected chi connectivity index (χ2v) is 6.21. The molecule has 0 unspecified atom stereocenters. The summed E-state index contributed by atoms with van der Waals surface area (Å²) in [5, 5.41) is 13.4. The second-order valence-electron chi connectivity index (χ2n) is 6.21. The second kappa shape index (κ2) is 7.94. The largest absolute Gasteiger partial charge is 0.478 e. The highest BCUT2D eigenvalue weighted by Crippen LogP contribution is 2.23. The molecule has 130 valence electrons. The predicted octanol–water partition coefficient (Wildman–Crippen LogP) is 2.96. The maximum atomic E-state index is 11.1. The molecule has 2 heterocycles. The lowest BCUT2D eigenvalue weighted by molar-refractivity contribution is -0.133. The smallest absolute Gasteiger partial charge is 0.332 e. The quantitative estimate of drug-likeness (QED) is 0.880. The molecule has 1 aromatic heterocycles. The number of rotatable bonds is 6. The van der Waals surface area contributed by atoms with Crippen molar-refractivity contribution in [2.75, 3.05) is 19.6 Å². The Bertz CT molecular complexity index is 790. The number of hydrogen-bond acceptors (Lipinski definition) is 3. The van der Waals surface area contributed by atoms with Crippen LogP contribution in [0.3, 0.4) is 0 Å². The zero-order valence-electron chi connectivity index (χ0n) is 14.4. The van der Waals surface area contributed by atoms with Crippen molar-refractivity contribution in [3.63, 3.8) is 0 Å². The van der Waals surface area contributed by atoms with Crippen molar-refractivity contribution in [3.8, 4) is 0 Å². The van der Waals surface area contributed by atoms with Crippen LogP contribution < -0.4 is 0 Å². The molecule has 0 fully saturated rings. The first kappa shape index (κ1) is 17.2. The summed E-state index contributed by atoms with van der Waals surface area (Å²) >= 11 is 0. The van der Waals surface area contributed by atoms with Gasteiger partial charge in [-0.25, -0.2) is 4.79 Å². The highest BCUT2D eigenvalue weighted by molar-refractivity contribution is 5.87. The normalized spacial score (nSPS) is 15.9. The SMILES string of the molecule is Cn1nccc1C(=CCCN1CCC=C(C(=O)O)C1)c1ccccc1. The fraction of sp³-hybridized carbons (Fsp3) is 0.300. The molecule has 1 aliphatic rings. The number of carbonyl (C=O) groups is 1. The molecule has 0 aliphatic carbocycles. The summed E-state index contributed by atoms with van der Waals surface area (Å²) in [4.78, 5) is 13.3. The lowest BCUT2D eigenvalue weighted by Gasteiger charge is -2.25. The molecule has 1 N–H and O–H groups in total. The van der Waals surface area contributed by atoms with Crippen LogP contribution in [0.5, 0.6) is 0 Å². The van der Waals surface area contributed by atoms with E-state index in [0.717, 1.165) is 42.8 Å². The average Bonchev–Trinajstić information content (AvgIpc) is 3.05. The standard InChI is InChI=1S/C20H23N3O2/c1-22-19(11-12-21-22)18(16-7-3-2-4-8-16)10-6-14-23-13-5-9-17(15-23)20(24)25/h2-4,7-12H,5-6,13-15H2,1H3,(H,24,25). The summed E-state index contributed by atoms with van der Waals surface area (Å²) in [6.07, 6.45) is 7.53. The van der Waals surface area contributed by atoms with Gasteiger partial charge in [0.05, 0.1) is 5.69 Å². The summed E-state index contributed by atoms with van der Waals surface area (Å²) in [6, 6.07) is 12.3. The molecule has 0 amide bonds. The van der Waals surface area contributed by atoms with Crippen LogP contribution in [-0.2, 0) is 11.8 Å². The van der Waals surface area contributed by atoms with Crippen LogP contribution in [0.25, 0.3) is 5.57 Å². The van der Waals surface area contributed by atoms with E-state index < -0.39 is 5.97 Å². The molecule has 0 saturated carbocycles. The van der Waals surface area contributed by atoms with E-state index in [1.54, 1.807) is 6.20 Å². The van der Waals surface area contributed by atoms with Gasteiger partial charge in [-0.2, -0.15) is 5.10 Å². The van der Waals surface area contributed by atoms with Crippen molar-refractivity contribution in [3.05, 3.63) is 71.6 Å². The summed E-state index contributed by atoms with van der Waals surface area (Å²) in [5.74, 6) is -0.805. The van der Waals surface area contributed by atoms with Gasteiger partial charge in [0.2, 0.25) is 0 Å². The van der Waals surface area contributed by atoms with Crippen molar-refractivity contribution in [1.82, 2.24) is 14.7 Å². The molecule has 25 heavy (non-hydrogen) atoms. The highest BCUT2D eigenvalue weighted by atomic mass is 16.4. The first-order valence-electron chi connectivity index (χ1n) is 8.54. The van der Waals surface area contributed by atoms with Crippen molar-refractivity contribution in [1.29, 1.82) is 0 Å². The van der Waals surface area contributed by atoms with Crippen LogP contribution in [0.1, 0.15) is 24.1 Å². The van der Waals surface area contributed by atoms with Crippen molar-refractivity contribution in [2.45, 2.75) is 12.8 Å². The maximum Gasteiger partial charge on any atom is 0.332 e. The van der Waals surface area contributed by atoms with E-state index in [0.29, 0.717) is 12.1 Å². The van der Waals surface area contributed by atoms with Crippen molar-refractivity contribution in [2.24, 2.45) is 7.05 Å². The number of carboxylic acid groups (broad SMARTS) is 1. The van der Waals surface area contributed by atoms with E-state index in [9.17, 15) is 4.79 Å². The van der Waals surface area contributed by atoms with Gasteiger partial charge < -0.3 is 5.11 Å². The van der Waals surface area contributed by atoms with Gasteiger partial charge in [0.15, 0.2) is 0 Å². The zero-order chi connectivity index (χ0) is 17.6. The monoisotopic (exact) mass is 337 g/mol. The Balaban J connectivity index is 1.73. The van der Waals surface area contributed by atoms with E-state index in [1.165, 1.54) is 0 Å². The minimum absolute atomic E-state index is 0.505. The third-order valence-electron chi connectivity index (χ3n) is 4.48. The van der Waals surface area contributed by atoms with E-state index in [2.05, 4.69) is 28.2 Å². The van der Waals surface area contributed by atoms with Crippen LogP contribution in [-0.4, -0.2) is 45.4 Å². The number of hydrogen-bond donors (Lipinski definition) is 1. The molecule has 0 radical (unpaired) electrons. The number of carboxylic acids is 1. The Morgan fingerprint density at radius 3 is 2.76 bits per heavy atom. The minimum atomic E-state index is -0.805. The molecule has 2 aromatic rings. The Hall–Kier alpha value is -2.66. The van der Waals surface area contributed by atoms with Gasteiger partial charge in [0.25, 0.3) is 0 Å². The van der Waals surface area contributed by atoms with Crippen LogP contribution in [0.4, 0.5) is 0 Å². The lowest BCUT2D eigenvalue weighted by Crippen LogP contribution is -2.32. The van der Waals surface area contributed by atoms with Gasteiger partial charge in [0, 0.05) is 44.0 Å². The minimum Gasteiger partial charge on any atom is -0.478 e. The number of aromatic nitrogens is 2. The summed E-state index contributed by atoms with van der Waals surface area (Å²) < 4.78 is 1.88. The Kier molecular flexibility index (Phi) is 5.46. The predicted molar refractivity (Wildman–Crippen MR) is 98.1 cm³/mol. The fourth-order valence-corrected chi connectivity index (χ4v) is 3.17. The molecule has 0 saturated heterocycles. The highest BCUT2D eigenvalue weighted by Gasteiger charge is 2.17. The van der Waals surface area contributed by atoms with Gasteiger partial charge >= 0.3 is 5.97 Å². The van der Waals surface area contributed by atoms with Crippen LogP contribution >= 0.6 is 0 Å².